The van der Waals surface area contributed by atoms with Gasteiger partial charge >= 0.3 is 0 Å². The molecule has 0 saturated carbocycles. The first-order valence-electron chi connectivity index (χ1n) is 6.45. The quantitative estimate of drug-likeness (QED) is 0.610. The van der Waals surface area contributed by atoms with Crippen LogP contribution in [-0.4, -0.2) is 9.55 Å². The fourth-order valence-electron chi connectivity index (χ4n) is 2.17. The average molecular weight is 367 g/mol. The first-order valence-corrected chi connectivity index (χ1v) is 7.25. The van der Waals surface area contributed by atoms with E-state index in [2.05, 4.69) is 20.9 Å². The van der Waals surface area contributed by atoms with Gasteiger partial charge in [-0.2, -0.15) is 0 Å². The molecule has 0 saturated heterocycles. The fourth-order valence-corrected chi connectivity index (χ4v) is 2.43. The summed E-state index contributed by atoms with van der Waals surface area (Å²) in [7, 11) is 0. The van der Waals surface area contributed by atoms with E-state index >= 15 is 0 Å². The van der Waals surface area contributed by atoms with Crippen molar-refractivity contribution in [2.75, 3.05) is 0 Å². The first-order chi connectivity index (χ1) is 10.6. The highest BCUT2D eigenvalue weighted by molar-refractivity contribution is 9.10. The number of halogens is 4. The van der Waals surface area contributed by atoms with E-state index in [1.165, 1.54) is 12.3 Å². The Morgan fingerprint density at radius 3 is 2.41 bits per heavy atom. The molecule has 2 aromatic carbocycles. The van der Waals surface area contributed by atoms with E-state index in [-0.39, 0.29) is 11.4 Å². The van der Waals surface area contributed by atoms with Gasteiger partial charge < -0.3 is 4.57 Å². The van der Waals surface area contributed by atoms with Gasteiger partial charge in [-0.15, -0.1) is 0 Å². The normalized spacial score (nSPS) is 10.9. The van der Waals surface area contributed by atoms with Crippen LogP contribution < -0.4 is 0 Å². The molecule has 0 amide bonds. The Morgan fingerprint density at radius 2 is 1.68 bits per heavy atom. The van der Waals surface area contributed by atoms with Crippen LogP contribution in [0.1, 0.15) is 5.56 Å². The maximum atomic E-state index is 13.9. The van der Waals surface area contributed by atoms with Crippen LogP contribution in [0.2, 0.25) is 0 Å². The van der Waals surface area contributed by atoms with Crippen molar-refractivity contribution in [3.8, 4) is 11.4 Å². The summed E-state index contributed by atoms with van der Waals surface area (Å²) in [6.07, 6.45) is 3.16. The van der Waals surface area contributed by atoms with Gasteiger partial charge in [0.15, 0.2) is 17.5 Å². The van der Waals surface area contributed by atoms with Gasteiger partial charge in [0.2, 0.25) is 0 Å². The molecule has 0 aliphatic carbocycles. The minimum Gasteiger partial charge on any atom is -0.326 e. The summed E-state index contributed by atoms with van der Waals surface area (Å²) in [5.74, 6) is -3.69. The summed E-state index contributed by atoms with van der Waals surface area (Å²) in [4.78, 5) is 4.06. The first kappa shape index (κ1) is 14.8. The second-order valence-corrected chi connectivity index (χ2v) is 5.64. The van der Waals surface area contributed by atoms with Gasteiger partial charge in [0, 0.05) is 23.4 Å². The molecule has 0 aliphatic heterocycles. The predicted octanol–water partition coefficient (Wildman–Crippen LogP) is 4.78. The summed E-state index contributed by atoms with van der Waals surface area (Å²) >= 11 is 3.35. The highest BCUT2D eigenvalue weighted by atomic mass is 79.9. The summed E-state index contributed by atoms with van der Waals surface area (Å²) in [6.45, 7) is 0.445. The molecule has 2 nitrogen and oxygen atoms in total. The van der Waals surface area contributed by atoms with E-state index in [1.54, 1.807) is 10.8 Å². The van der Waals surface area contributed by atoms with Crippen molar-refractivity contribution in [1.29, 1.82) is 0 Å². The Balaban J connectivity index is 1.99. The van der Waals surface area contributed by atoms with E-state index in [0.29, 0.717) is 6.54 Å². The highest BCUT2D eigenvalue weighted by Crippen LogP contribution is 2.25. The Morgan fingerprint density at radius 1 is 0.955 bits per heavy atom. The van der Waals surface area contributed by atoms with Crippen molar-refractivity contribution in [1.82, 2.24) is 9.55 Å². The van der Waals surface area contributed by atoms with Crippen LogP contribution in [0.25, 0.3) is 11.4 Å². The fraction of sp³-hybridized carbons (Fsp3) is 0.0625. The minimum atomic E-state index is -1.49. The van der Waals surface area contributed by atoms with Crippen LogP contribution in [0.3, 0.4) is 0 Å². The summed E-state index contributed by atoms with van der Waals surface area (Å²) in [5.41, 5.74) is 0.909. The maximum absolute atomic E-state index is 13.9. The second-order valence-electron chi connectivity index (χ2n) is 4.73. The zero-order valence-corrected chi connectivity index (χ0v) is 12.8. The molecule has 6 heteroatoms. The molecule has 0 radical (unpaired) electrons. The number of nitrogens with zero attached hydrogens (tertiary/aromatic N) is 2. The average Bonchev–Trinajstić information content (AvgIpc) is 2.95. The molecule has 0 unspecified atom stereocenters. The van der Waals surface area contributed by atoms with E-state index < -0.39 is 17.5 Å². The molecule has 1 heterocycles. The third-order valence-corrected chi connectivity index (χ3v) is 3.79. The summed E-state index contributed by atoms with van der Waals surface area (Å²) in [5, 5.41) is 0. The second kappa shape index (κ2) is 5.96. The van der Waals surface area contributed by atoms with Crippen molar-refractivity contribution in [2.24, 2.45) is 0 Å². The summed E-state index contributed by atoms with van der Waals surface area (Å²) in [6, 6.07) is 9.69. The smallest absolute Gasteiger partial charge is 0.195 e. The Hall–Kier alpha value is -2.08. The number of imidazole rings is 1. The van der Waals surface area contributed by atoms with Crippen LogP contribution in [0.15, 0.2) is 53.3 Å². The molecule has 0 N–H and O–H groups in total. The number of benzene rings is 2. The van der Waals surface area contributed by atoms with Crippen LogP contribution >= 0.6 is 15.9 Å². The van der Waals surface area contributed by atoms with Crippen LogP contribution in [-0.2, 0) is 6.54 Å². The molecule has 0 aliphatic rings. The third-order valence-electron chi connectivity index (χ3n) is 3.26. The molecule has 0 bridgehead atoms. The number of rotatable bonds is 3. The van der Waals surface area contributed by atoms with Crippen LogP contribution in [0.5, 0.6) is 0 Å². The molecule has 0 atom stereocenters. The van der Waals surface area contributed by atoms with Crippen molar-refractivity contribution in [2.45, 2.75) is 6.54 Å². The summed E-state index contributed by atoms with van der Waals surface area (Å²) < 4.78 is 43.0. The number of hydrogen-bond donors (Lipinski definition) is 0. The highest BCUT2D eigenvalue weighted by Gasteiger charge is 2.18. The standard InChI is InChI=1S/C16H10BrF3N2/c17-11-3-1-10(2-4-11)9-22-8-7-21-16(22)12-5-6-13(18)15(20)14(12)19/h1-8H,9H2. The zero-order valence-electron chi connectivity index (χ0n) is 11.2. The minimum absolute atomic E-state index is 0.0685. The van der Waals surface area contributed by atoms with Crippen molar-refractivity contribution in [3.63, 3.8) is 0 Å². The lowest BCUT2D eigenvalue weighted by atomic mass is 10.1. The Kier molecular flexibility index (Phi) is 4.02. The molecule has 0 fully saturated rings. The predicted molar refractivity (Wildman–Crippen MR) is 80.8 cm³/mol. The van der Waals surface area contributed by atoms with Crippen molar-refractivity contribution >= 4 is 15.9 Å². The van der Waals surface area contributed by atoms with E-state index in [9.17, 15) is 13.2 Å². The molecule has 1 aromatic heterocycles. The van der Waals surface area contributed by atoms with Crippen molar-refractivity contribution in [3.05, 3.63) is 76.3 Å². The third kappa shape index (κ3) is 2.78. The van der Waals surface area contributed by atoms with Gasteiger partial charge in [-0.1, -0.05) is 28.1 Å². The number of aromatic nitrogens is 2. The molecule has 3 aromatic rings. The van der Waals surface area contributed by atoms with Gasteiger partial charge in [-0.05, 0) is 29.8 Å². The van der Waals surface area contributed by atoms with E-state index in [0.717, 1.165) is 16.1 Å². The lowest BCUT2D eigenvalue weighted by Gasteiger charge is -2.09. The molecular weight excluding hydrogens is 357 g/mol. The van der Waals surface area contributed by atoms with E-state index in [1.807, 2.05) is 24.3 Å². The largest absolute Gasteiger partial charge is 0.326 e. The zero-order chi connectivity index (χ0) is 15.7. The van der Waals surface area contributed by atoms with Gasteiger partial charge in [0.1, 0.15) is 5.82 Å². The lowest BCUT2D eigenvalue weighted by molar-refractivity contribution is 0.448. The van der Waals surface area contributed by atoms with E-state index in [4.69, 9.17) is 0 Å². The molecular formula is C16H10BrF3N2. The molecule has 0 spiro atoms. The Labute approximate surface area is 133 Å². The topological polar surface area (TPSA) is 17.8 Å². The van der Waals surface area contributed by atoms with Gasteiger partial charge in [-0.25, -0.2) is 18.2 Å². The SMILES string of the molecule is Fc1ccc(-c2nccn2Cc2ccc(Br)cc2)c(F)c1F. The number of hydrogen-bond acceptors (Lipinski definition) is 1. The van der Waals surface area contributed by atoms with Gasteiger partial charge in [0.05, 0.1) is 5.56 Å². The maximum Gasteiger partial charge on any atom is 0.195 e. The Bertz CT molecular complexity index is 813. The van der Waals surface area contributed by atoms with Gasteiger partial charge in [0.25, 0.3) is 0 Å². The molecule has 112 valence electrons. The van der Waals surface area contributed by atoms with Crippen molar-refractivity contribution < 1.29 is 13.2 Å². The van der Waals surface area contributed by atoms with Crippen LogP contribution in [0.4, 0.5) is 13.2 Å². The molecule has 3 rings (SSSR count). The van der Waals surface area contributed by atoms with Gasteiger partial charge in [-0.3, -0.25) is 0 Å². The molecule has 22 heavy (non-hydrogen) atoms. The lowest BCUT2D eigenvalue weighted by Crippen LogP contribution is -2.03. The monoisotopic (exact) mass is 366 g/mol. The van der Waals surface area contributed by atoms with Crippen LogP contribution in [0, 0.1) is 17.5 Å².